The maximum Gasteiger partial charge on any atom is 0.231 e. The first kappa shape index (κ1) is 13.1. The second-order valence-corrected chi connectivity index (χ2v) is 4.60. The highest BCUT2D eigenvalue weighted by Crippen LogP contribution is 2.23. The zero-order valence-electron chi connectivity index (χ0n) is 11.0. The van der Waals surface area contributed by atoms with Gasteiger partial charge in [0.25, 0.3) is 0 Å². The number of benzene rings is 2. The smallest absolute Gasteiger partial charge is 0.231 e. The van der Waals surface area contributed by atoms with Crippen molar-refractivity contribution in [2.45, 2.75) is 6.42 Å². The normalized spacial score (nSPS) is 10.7. The van der Waals surface area contributed by atoms with Gasteiger partial charge < -0.3 is 15.4 Å². The quantitative estimate of drug-likeness (QED) is 0.723. The highest BCUT2D eigenvalue weighted by molar-refractivity contribution is 5.55. The number of nitrogens with two attached hydrogens (primary N) is 1. The molecule has 3 aromatic rings. The molecule has 3 N–H and O–H groups in total. The Morgan fingerprint density at radius 2 is 1.90 bits per heavy atom. The summed E-state index contributed by atoms with van der Waals surface area (Å²) in [5.41, 5.74) is 7.73. The fraction of sp³-hybridized carbons (Fsp3) is 0.0667. The molecule has 106 valence electrons. The minimum Gasteiger partial charge on any atom is -0.505 e. The SMILES string of the molecule is Nc1ccc(Cc2nc(-c3ccc(O)c(F)c3)no2)cc1. The predicted molar refractivity (Wildman–Crippen MR) is 75.0 cm³/mol. The minimum atomic E-state index is -0.725. The molecule has 1 aromatic heterocycles. The predicted octanol–water partition coefficient (Wildman–Crippen LogP) is 2.75. The number of phenolic OH excluding ortho intramolecular Hbond substituents is 1. The molecule has 0 fully saturated rings. The van der Waals surface area contributed by atoms with E-state index < -0.39 is 11.6 Å². The molecule has 0 aliphatic rings. The van der Waals surface area contributed by atoms with E-state index in [2.05, 4.69) is 10.1 Å². The molecule has 0 saturated heterocycles. The summed E-state index contributed by atoms with van der Waals surface area (Å²) >= 11 is 0. The van der Waals surface area contributed by atoms with Crippen molar-refractivity contribution in [2.24, 2.45) is 0 Å². The van der Waals surface area contributed by atoms with Crippen molar-refractivity contribution >= 4 is 5.69 Å². The van der Waals surface area contributed by atoms with Crippen LogP contribution in [-0.4, -0.2) is 15.2 Å². The van der Waals surface area contributed by atoms with E-state index in [-0.39, 0.29) is 5.82 Å². The molecule has 0 aliphatic carbocycles. The number of aromatic nitrogens is 2. The number of halogens is 1. The van der Waals surface area contributed by atoms with E-state index in [1.165, 1.54) is 12.1 Å². The molecule has 3 rings (SSSR count). The number of anilines is 1. The monoisotopic (exact) mass is 285 g/mol. The van der Waals surface area contributed by atoms with Crippen LogP contribution < -0.4 is 5.73 Å². The third kappa shape index (κ3) is 2.84. The van der Waals surface area contributed by atoms with Crippen LogP contribution >= 0.6 is 0 Å². The van der Waals surface area contributed by atoms with Gasteiger partial charge in [-0.15, -0.1) is 0 Å². The van der Waals surface area contributed by atoms with E-state index in [1.54, 1.807) is 12.1 Å². The lowest BCUT2D eigenvalue weighted by Crippen LogP contribution is -1.90. The van der Waals surface area contributed by atoms with Crippen molar-refractivity contribution in [3.63, 3.8) is 0 Å². The van der Waals surface area contributed by atoms with E-state index in [9.17, 15) is 4.39 Å². The van der Waals surface area contributed by atoms with Gasteiger partial charge in [-0.05, 0) is 35.9 Å². The Hall–Kier alpha value is -2.89. The second-order valence-electron chi connectivity index (χ2n) is 4.60. The third-order valence-corrected chi connectivity index (χ3v) is 3.01. The number of hydrogen-bond acceptors (Lipinski definition) is 5. The van der Waals surface area contributed by atoms with Crippen LogP contribution in [0, 0.1) is 5.82 Å². The first-order valence-corrected chi connectivity index (χ1v) is 6.28. The Bertz CT molecular complexity index is 769. The molecule has 1 heterocycles. The third-order valence-electron chi connectivity index (χ3n) is 3.01. The van der Waals surface area contributed by atoms with Crippen LogP contribution in [-0.2, 0) is 6.42 Å². The summed E-state index contributed by atoms with van der Waals surface area (Å²) in [5.74, 6) is -0.440. The molecule has 6 heteroatoms. The Morgan fingerprint density at radius 3 is 2.62 bits per heavy atom. The maximum atomic E-state index is 13.3. The van der Waals surface area contributed by atoms with Crippen molar-refractivity contribution in [3.05, 3.63) is 59.7 Å². The van der Waals surface area contributed by atoms with E-state index >= 15 is 0 Å². The molecule has 0 radical (unpaired) electrons. The van der Waals surface area contributed by atoms with Gasteiger partial charge in [-0.2, -0.15) is 4.98 Å². The van der Waals surface area contributed by atoms with Gasteiger partial charge in [-0.25, -0.2) is 4.39 Å². The zero-order chi connectivity index (χ0) is 14.8. The molecule has 21 heavy (non-hydrogen) atoms. The molecule has 0 bridgehead atoms. The lowest BCUT2D eigenvalue weighted by atomic mass is 10.1. The summed E-state index contributed by atoms with van der Waals surface area (Å²) in [5, 5.41) is 13.0. The van der Waals surface area contributed by atoms with E-state index in [0.29, 0.717) is 23.6 Å². The van der Waals surface area contributed by atoms with Gasteiger partial charge >= 0.3 is 0 Å². The number of rotatable bonds is 3. The first-order chi connectivity index (χ1) is 10.1. The molecule has 0 spiro atoms. The molecule has 0 aliphatic heterocycles. The standard InChI is InChI=1S/C15H12FN3O2/c16-12-8-10(3-6-13(12)20)15-18-14(21-19-15)7-9-1-4-11(17)5-2-9/h1-6,8,20H,7,17H2. The fourth-order valence-corrected chi connectivity index (χ4v) is 1.90. The molecular formula is C15H12FN3O2. The molecule has 5 nitrogen and oxygen atoms in total. The van der Waals surface area contributed by atoms with Gasteiger partial charge in [0.2, 0.25) is 11.7 Å². The van der Waals surface area contributed by atoms with Gasteiger partial charge in [0.1, 0.15) is 0 Å². The van der Waals surface area contributed by atoms with Crippen molar-refractivity contribution in [3.8, 4) is 17.1 Å². The zero-order valence-corrected chi connectivity index (χ0v) is 11.0. The Morgan fingerprint density at radius 1 is 1.14 bits per heavy atom. The fourth-order valence-electron chi connectivity index (χ4n) is 1.90. The van der Waals surface area contributed by atoms with Crippen LogP contribution in [0.3, 0.4) is 0 Å². The van der Waals surface area contributed by atoms with Gasteiger partial charge in [-0.3, -0.25) is 0 Å². The largest absolute Gasteiger partial charge is 0.505 e. The lowest BCUT2D eigenvalue weighted by Gasteiger charge is -1.97. The van der Waals surface area contributed by atoms with Crippen LogP contribution in [0.4, 0.5) is 10.1 Å². The van der Waals surface area contributed by atoms with Gasteiger partial charge in [-0.1, -0.05) is 17.3 Å². The minimum absolute atomic E-state index is 0.277. The number of phenols is 1. The number of aromatic hydroxyl groups is 1. The molecule has 0 amide bonds. The van der Waals surface area contributed by atoms with Crippen LogP contribution in [0.15, 0.2) is 47.0 Å². The van der Waals surface area contributed by atoms with Crippen molar-refractivity contribution in [1.82, 2.24) is 10.1 Å². The highest BCUT2D eigenvalue weighted by atomic mass is 19.1. The molecule has 2 aromatic carbocycles. The van der Waals surface area contributed by atoms with Crippen LogP contribution in [0.2, 0.25) is 0 Å². The van der Waals surface area contributed by atoms with E-state index in [0.717, 1.165) is 11.6 Å². The van der Waals surface area contributed by atoms with Gasteiger partial charge in [0.15, 0.2) is 11.6 Å². The van der Waals surface area contributed by atoms with Crippen molar-refractivity contribution in [1.29, 1.82) is 0 Å². The average Bonchev–Trinajstić information content (AvgIpc) is 2.93. The van der Waals surface area contributed by atoms with Crippen molar-refractivity contribution < 1.29 is 14.0 Å². The van der Waals surface area contributed by atoms with Crippen molar-refractivity contribution in [2.75, 3.05) is 5.73 Å². The number of hydrogen-bond donors (Lipinski definition) is 2. The number of nitrogens with zero attached hydrogens (tertiary/aromatic N) is 2. The summed E-state index contributed by atoms with van der Waals surface area (Å²) in [4.78, 5) is 4.21. The van der Waals surface area contributed by atoms with E-state index in [1.807, 2.05) is 12.1 Å². The molecule has 0 saturated carbocycles. The summed E-state index contributed by atoms with van der Waals surface area (Å²) in [6, 6.07) is 11.3. The first-order valence-electron chi connectivity index (χ1n) is 6.28. The molecule has 0 unspecified atom stereocenters. The highest BCUT2D eigenvalue weighted by Gasteiger charge is 2.11. The Balaban J connectivity index is 1.82. The lowest BCUT2D eigenvalue weighted by molar-refractivity contribution is 0.385. The summed E-state index contributed by atoms with van der Waals surface area (Å²) in [7, 11) is 0. The van der Waals surface area contributed by atoms with Gasteiger partial charge in [0, 0.05) is 11.3 Å². The summed E-state index contributed by atoms with van der Waals surface area (Å²) < 4.78 is 18.5. The topological polar surface area (TPSA) is 85.2 Å². The summed E-state index contributed by atoms with van der Waals surface area (Å²) in [6.45, 7) is 0. The molecule has 0 atom stereocenters. The Kier molecular flexibility index (Phi) is 3.27. The molecular weight excluding hydrogens is 273 g/mol. The summed E-state index contributed by atoms with van der Waals surface area (Å²) in [6.07, 6.45) is 0.466. The van der Waals surface area contributed by atoms with Crippen LogP contribution in [0.25, 0.3) is 11.4 Å². The Labute approximate surface area is 119 Å². The number of nitrogen functional groups attached to an aromatic ring is 1. The van der Waals surface area contributed by atoms with Crippen LogP contribution in [0.1, 0.15) is 11.5 Å². The second kappa shape index (κ2) is 5.24. The maximum absolute atomic E-state index is 13.3. The average molecular weight is 285 g/mol. The van der Waals surface area contributed by atoms with E-state index in [4.69, 9.17) is 15.4 Å². The van der Waals surface area contributed by atoms with Crippen LogP contribution in [0.5, 0.6) is 5.75 Å². The van der Waals surface area contributed by atoms with Gasteiger partial charge in [0.05, 0.1) is 6.42 Å².